The number of ether oxygens (including phenoxy) is 1. The maximum atomic E-state index is 11.6. The first kappa shape index (κ1) is 18.5. The van der Waals surface area contributed by atoms with E-state index >= 15 is 0 Å². The summed E-state index contributed by atoms with van der Waals surface area (Å²) in [7, 11) is 1.46. The Balaban J connectivity index is 1.53. The van der Waals surface area contributed by atoms with Crippen molar-refractivity contribution in [1.82, 2.24) is 14.8 Å². The van der Waals surface area contributed by atoms with Gasteiger partial charge >= 0.3 is 6.09 Å². The summed E-state index contributed by atoms with van der Waals surface area (Å²) in [4.78, 5) is 22.0. The van der Waals surface area contributed by atoms with Gasteiger partial charge in [-0.2, -0.15) is 0 Å². The summed E-state index contributed by atoms with van der Waals surface area (Å²) in [6.07, 6.45) is 6.55. The van der Waals surface area contributed by atoms with E-state index in [1.807, 2.05) is 4.90 Å². The van der Waals surface area contributed by atoms with E-state index in [-0.39, 0.29) is 6.09 Å². The second kappa shape index (κ2) is 8.36. The number of likely N-dealkylation sites (tertiary alicyclic amines) is 1. The molecule has 1 aliphatic heterocycles. The van der Waals surface area contributed by atoms with Gasteiger partial charge in [0.1, 0.15) is 0 Å². The lowest BCUT2D eigenvalue weighted by atomic mass is 9.95. The van der Waals surface area contributed by atoms with Crippen LogP contribution < -0.4 is 5.73 Å². The smallest absolute Gasteiger partial charge is 0.409 e. The number of anilines is 1. The number of carbonyl (C=O) groups excluding carboxylic acids is 1. The number of nitrogen functional groups attached to an aromatic ring is 1. The summed E-state index contributed by atoms with van der Waals surface area (Å²) in [5.74, 6) is 0.594. The molecule has 1 aliphatic carbocycles. The van der Waals surface area contributed by atoms with E-state index in [9.17, 15) is 4.79 Å². The quantitative estimate of drug-likeness (QED) is 0.838. The molecule has 0 saturated carbocycles. The Hall–Kier alpha value is -1.34. The molecule has 0 spiro atoms. The van der Waals surface area contributed by atoms with Crippen LogP contribution in [-0.2, 0) is 17.6 Å². The molecule has 2 unspecified atom stereocenters. The van der Waals surface area contributed by atoms with Gasteiger partial charge in [0.2, 0.25) is 0 Å². The molecule has 2 aliphatic rings. The van der Waals surface area contributed by atoms with Gasteiger partial charge in [-0.05, 0) is 57.5 Å². The Bertz CT molecular complexity index is 592. The Morgan fingerprint density at radius 3 is 3.04 bits per heavy atom. The maximum absolute atomic E-state index is 11.6. The monoisotopic (exact) mass is 366 g/mol. The van der Waals surface area contributed by atoms with Crippen molar-refractivity contribution in [2.24, 2.45) is 5.92 Å². The third kappa shape index (κ3) is 4.44. The van der Waals surface area contributed by atoms with E-state index in [1.54, 1.807) is 11.3 Å². The maximum Gasteiger partial charge on any atom is 0.409 e. The summed E-state index contributed by atoms with van der Waals surface area (Å²) in [5.41, 5.74) is 7.10. The molecule has 6 nitrogen and oxygen atoms in total. The van der Waals surface area contributed by atoms with E-state index in [0.29, 0.717) is 17.1 Å². The zero-order chi connectivity index (χ0) is 17.8. The lowest BCUT2D eigenvalue weighted by molar-refractivity contribution is 0.130. The fourth-order valence-electron chi connectivity index (χ4n) is 4.16. The lowest BCUT2D eigenvalue weighted by Crippen LogP contribution is -2.41. The van der Waals surface area contributed by atoms with Crippen molar-refractivity contribution >= 4 is 22.6 Å². The number of amides is 1. The highest BCUT2D eigenvalue weighted by molar-refractivity contribution is 7.15. The van der Waals surface area contributed by atoms with Crippen LogP contribution in [0.3, 0.4) is 0 Å². The van der Waals surface area contributed by atoms with Crippen molar-refractivity contribution in [3.63, 3.8) is 0 Å². The van der Waals surface area contributed by atoms with Crippen molar-refractivity contribution in [3.8, 4) is 0 Å². The molecule has 1 amide bonds. The van der Waals surface area contributed by atoms with Crippen molar-refractivity contribution in [3.05, 3.63) is 10.6 Å². The van der Waals surface area contributed by atoms with Gasteiger partial charge < -0.3 is 20.3 Å². The highest BCUT2D eigenvalue weighted by Gasteiger charge is 2.29. The molecule has 0 radical (unpaired) electrons. The number of hydrogen-bond donors (Lipinski definition) is 1. The number of aryl methyl sites for hydroxylation is 1. The second-order valence-electron chi connectivity index (χ2n) is 7.21. The van der Waals surface area contributed by atoms with Crippen LogP contribution >= 0.6 is 11.3 Å². The third-order valence-electron chi connectivity index (χ3n) is 5.50. The third-order valence-corrected chi connectivity index (χ3v) is 6.45. The average Bonchev–Trinajstić information content (AvgIpc) is 3.22. The lowest BCUT2D eigenvalue weighted by Gasteiger charge is -2.34. The van der Waals surface area contributed by atoms with Gasteiger partial charge in [0.15, 0.2) is 5.13 Å². The van der Waals surface area contributed by atoms with Crippen molar-refractivity contribution in [1.29, 1.82) is 0 Å². The number of carbonyl (C=O) groups is 1. The van der Waals surface area contributed by atoms with E-state index in [0.717, 1.165) is 51.9 Å². The molecule has 7 heteroatoms. The fraction of sp³-hybridized carbons (Fsp3) is 0.778. The molecule has 1 aromatic heterocycles. The predicted molar refractivity (Wildman–Crippen MR) is 101 cm³/mol. The molecule has 25 heavy (non-hydrogen) atoms. The minimum Gasteiger partial charge on any atom is -0.453 e. The molecule has 1 saturated heterocycles. The highest BCUT2D eigenvalue weighted by atomic mass is 32.1. The molecular weight excluding hydrogens is 336 g/mol. The van der Waals surface area contributed by atoms with Gasteiger partial charge in [0.05, 0.1) is 12.8 Å². The van der Waals surface area contributed by atoms with Crippen LogP contribution in [0.1, 0.15) is 43.2 Å². The van der Waals surface area contributed by atoms with Crippen LogP contribution in [0.15, 0.2) is 0 Å². The number of thiazole rings is 1. The van der Waals surface area contributed by atoms with Crippen LogP contribution in [0.4, 0.5) is 9.93 Å². The summed E-state index contributed by atoms with van der Waals surface area (Å²) < 4.78 is 4.84. The topological polar surface area (TPSA) is 71.7 Å². The molecule has 140 valence electrons. The van der Waals surface area contributed by atoms with Gasteiger partial charge in [-0.3, -0.25) is 0 Å². The van der Waals surface area contributed by atoms with Gasteiger partial charge in [0, 0.05) is 24.0 Å². The first-order valence-electron chi connectivity index (χ1n) is 9.41. The van der Waals surface area contributed by atoms with Crippen molar-refractivity contribution < 1.29 is 9.53 Å². The minimum absolute atomic E-state index is 0.185. The van der Waals surface area contributed by atoms with Crippen LogP contribution in [0.5, 0.6) is 0 Å². The number of rotatable bonds is 6. The predicted octanol–water partition coefficient (Wildman–Crippen LogP) is 2.77. The largest absolute Gasteiger partial charge is 0.453 e. The summed E-state index contributed by atoms with van der Waals surface area (Å²) >= 11 is 1.66. The first-order valence-corrected chi connectivity index (χ1v) is 10.2. The molecule has 1 fully saturated rings. The normalized spacial score (nSPS) is 23.1. The number of hydrogen-bond acceptors (Lipinski definition) is 6. The standard InChI is InChI=1S/C18H30N4O2S/c1-3-8-21(9-6-13-7-10-22(12-13)18(23)24-2)14-4-5-15-16(11-14)25-17(19)20-15/h13-14H,3-12H2,1-2H3,(H2,19,20). The summed E-state index contributed by atoms with van der Waals surface area (Å²) in [5, 5.41) is 0.710. The van der Waals surface area contributed by atoms with Crippen LogP contribution in [0.25, 0.3) is 0 Å². The number of methoxy groups -OCH3 is 1. The molecule has 0 bridgehead atoms. The average molecular weight is 367 g/mol. The number of aromatic nitrogens is 1. The van der Waals surface area contributed by atoms with Gasteiger partial charge in [-0.25, -0.2) is 9.78 Å². The van der Waals surface area contributed by atoms with Gasteiger partial charge in [0.25, 0.3) is 0 Å². The van der Waals surface area contributed by atoms with Crippen molar-refractivity contribution in [2.45, 2.75) is 51.5 Å². The van der Waals surface area contributed by atoms with Crippen LogP contribution in [-0.4, -0.2) is 60.2 Å². The zero-order valence-electron chi connectivity index (χ0n) is 15.4. The summed E-state index contributed by atoms with van der Waals surface area (Å²) in [6, 6.07) is 0.602. The number of nitrogens with zero attached hydrogens (tertiary/aromatic N) is 3. The van der Waals surface area contributed by atoms with E-state index < -0.39 is 0 Å². The first-order chi connectivity index (χ1) is 12.1. The Kier molecular flexibility index (Phi) is 6.17. The molecule has 2 atom stereocenters. The molecule has 2 N–H and O–H groups in total. The van der Waals surface area contributed by atoms with E-state index in [1.165, 1.54) is 30.5 Å². The highest BCUT2D eigenvalue weighted by Crippen LogP contribution is 2.31. The van der Waals surface area contributed by atoms with Crippen LogP contribution in [0, 0.1) is 5.92 Å². The Morgan fingerprint density at radius 2 is 2.28 bits per heavy atom. The second-order valence-corrected chi connectivity index (χ2v) is 8.33. The number of nitrogens with two attached hydrogens (primary N) is 1. The minimum atomic E-state index is -0.185. The zero-order valence-corrected chi connectivity index (χ0v) is 16.2. The fourth-order valence-corrected chi connectivity index (χ4v) is 5.11. The SMILES string of the molecule is CCCN(CCC1CCN(C(=O)OC)C1)C1CCc2nc(N)sc2C1. The van der Waals surface area contributed by atoms with E-state index in [4.69, 9.17) is 10.5 Å². The molecule has 2 heterocycles. The van der Waals surface area contributed by atoms with Crippen LogP contribution in [0.2, 0.25) is 0 Å². The van der Waals surface area contributed by atoms with Gasteiger partial charge in [-0.15, -0.1) is 11.3 Å². The molecule has 1 aromatic rings. The van der Waals surface area contributed by atoms with Gasteiger partial charge in [-0.1, -0.05) is 6.92 Å². The Labute approximate surface area is 154 Å². The van der Waals surface area contributed by atoms with Crippen molar-refractivity contribution in [2.75, 3.05) is 39.0 Å². The molecular formula is C18H30N4O2S. The molecule has 3 rings (SSSR count). The number of fused-ring (bicyclic) bond motifs is 1. The Morgan fingerprint density at radius 1 is 1.44 bits per heavy atom. The molecule has 0 aromatic carbocycles. The van der Waals surface area contributed by atoms with E-state index in [2.05, 4.69) is 16.8 Å². The summed E-state index contributed by atoms with van der Waals surface area (Å²) in [6.45, 7) is 6.18.